The molecular weight excluding hydrogens is 371 g/mol. The van der Waals surface area contributed by atoms with E-state index in [1.54, 1.807) is 24.3 Å². The van der Waals surface area contributed by atoms with Gasteiger partial charge in [0.25, 0.3) is 11.8 Å². The van der Waals surface area contributed by atoms with Crippen LogP contribution in [-0.2, 0) is 5.92 Å². The van der Waals surface area contributed by atoms with E-state index in [0.717, 1.165) is 30.7 Å². The molecule has 0 aliphatic carbocycles. The average Bonchev–Trinajstić information content (AvgIpc) is 2.62. The third kappa shape index (κ3) is 6.61. The molecule has 0 radical (unpaired) electrons. The molecule has 27 heavy (non-hydrogen) atoms. The molecule has 2 rings (SSSR count). The van der Waals surface area contributed by atoms with Crippen LogP contribution in [0.25, 0.3) is 0 Å². The molecule has 0 heterocycles. The molecule has 1 amide bonds. The lowest BCUT2D eigenvalue weighted by molar-refractivity contribution is -0.00706. The standard InChI is InChI=1S/C21H24F3NOS/c1-15(2)11-13-25-20(26)18-5-3-4-6-19(18)27-14-12-21(23,24)16-7-9-17(22)10-8-16/h3-10,15H,11-14H2,1-2H3,(H,25,26). The fraction of sp³-hybridized carbons (Fsp3) is 0.381. The van der Waals surface area contributed by atoms with Crippen molar-refractivity contribution < 1.29 is 18.0 Å². The van der Waals surface area contributed by atoms with Crippen LogP contribution in [0.2, 0.25) is 0 Å². The molecule has 0 aliphatic rings. The van der Waals surface area contributed by atoms with E-state index in [4.69, 9.17) is 0 Å². The van der Waals surface area contributed by atoms with E-state index in [1.165, 1.54) is 11.8 Å². The van der Waals surface area contributed by atoms with Gasteiger partial charge in [0.1, 0.15) is 5.82 Å². The molecule has 0 saturated heterocycles. The molecule has 0 unspecified atom stereocenters. The summed E-state index contributed by atoms with van der Waals surface area (Å²) in [5, 5.41) is 2.87. The number of carbonyl (C=O) groups is 1. The van der Waals surface area contributed by atoms with Crippen LogP contribution in [0.15, 0.2) is 53.4 Å². The molecule has 2 aromatic rings. The van der Waals surface area contributed by atoms with Crippen LogP contribution < -0.4 is 5.32 Å². The van der Waals surface area contributed by atoms with Crippen molar-refractivity contribution >= 4 is 17.7 Å². The number of hydrogen-bond donors (Lipinski definition) is 1. The molecule has 6 heteroatoms. The SMILES string of the molecule is CC(C)CCNC(=O)c1ccccc1SCCC(F)(F)c1ccc(F)cc1. The Morgan fingerprint density at radius 2 is 1.78 bits per heavy atom. The number of thioether (sulfide) groups is 1. The minimum Gasteiger partial charge on any atom is -0.352 e. The zero-order chi connectivity index (χ0) is 19.9. The maximum Gasteiger partial charge on any atom is 0.274 e. The van der Waals surface area contributed by atoms with Gasteiger partial charge in [0.05, 0.1) is 5.56 Å². The van der Waals surface area contributed by atoms with Crippen molar-refractivity contribution in [3.05, 3.63) is 65.5 Å². The van der Waals surface area contributed by atoms with Gasteiger partial charge in [-0.2, -0.15) is 0 Å². The molecule has 2 nitrogen and oxygen atoms in total. The molecule has 0 spiro atoms. The Bertz CT molecular complexity index is 747. The Labute approximate surface area is 162 Å². The number of amides is 1. The Hall–Kier alpha value is -1.95. The zero-order valence-corrected chi connectivity index (χ0v) is 16.3. The molecule has 0 aromatic heterocycles. The lowest BCUT2D eigenvalue weighted by Crippen LogP contribution is -2.25. The number of hydrogen-bond acceptors (Lipinski definition) is 2. The predicted octanol–water partition coefficient (Wildman–Crippen LogP) is 5.88. The predicted molar refractivity (Wildman–Crippen MR) is 104 cm³/mol. The van der Waals surface area contributed by atoms with Crippen LogP contribution in [0.4, 0.5) is 13.2 Å². The summed E-state index contributed by atoms with van der Waals surface area (Å²) in [7, 11) is 0. The van der Waals surface area contributed by atoms with E-state index in [1.807, 2.05) is 0 Å². The van der Waals surface area contributed by atoms with Gasteiger partial charge in [0.2, 0.25) is 0 Å². The van der Waals surface area contributed by atoms with Crippen molar-refractivity contribution in [3.8, 4) is 0 Å². The quantitative estimate of drug-likeness (QED) is 0.538. The van der Waals surface area contributed by atoms with Gasteiger partial charge in [-0.15, -0.1) is 11.8 Å². The van der Waals surface area contributed by atoms with Gasteiger partial charge >= 0.3 is 0 Å². The first-order chi connectivity index (χ1) is 12.8. The maximum atomic E-state index is 14.3. The Kier molecular flexibility index (Phi) is 7.78. The number of benzene rings is 2. The van der Waals surface area contributed by atoms with Gasteiger partial charge in [-0.1, -0.05) is 38.1 Å². The van der Waals surface area contributed by atoms with Crippen molar-refractivity contribution in [2.45, 2.75) is 37.5 Å². The lowest BCUT2D eigenvalue weighted by atomic mass is 10.1. The monoisotopic (exact) mass is 395 g/mol. The van der Waals surface area contributed by atoms with Crippen molar-refractivity contribution in [3.63, 3.8) is 0 Å². The highest BCUT2D eigenvalue weighted by Crippen LogP contribution is 2.34. The summed E-state index contributed by atoms with van der Waals surface area (Å²) in [4.78, 5) is 13.0. The highest BCUT2D eigenvalue weighted by atomic mass is 32.2. The van der Waals surface area contributed by atoms with Crippen LogP contribution in [0.3, 0.4) is 0 Å². The number of carbonyl (C=O) groups excluding carboxylic acids is 1. The van der Waals surface area contributed by atoms with Crippen molar-refractivity contribution in [2.24, 2.45) is 5.92 Å². The third-order valence-corrected chi connectivity index (χ3v) is 5.15. The summed E-state index contributed by atoms with van der Waals surface area (Å²) in [6, 6.07) is 11.3. The van der Waals surface area contributed by atoms with Crippen LogP contribution >= 0.6 is 11.8 Å². The molecule has 2 aromatic carbocycles. The van der Waals surface area contributed by atoms with E-state index in [9.17, 15) is 18.0 Å². The maximum absolute atomic E-state index is 14.3. The number of nitrogens with one attached hydrogen (secondary N) is 1. The summed E-state index contributed by atoms with van der Waals surface area (Å²) in [5.41, 5.74) is 0.292. The third-order valence-electron chi connectivity index (χ3n) is 4.08. The van der Waals surface area contributed by atoms with E-state index in [0.29, 0.717) is 22.9 Å². The first-order valence-electron chi connectivity index (χ1n) is 8.93. The second-order valence-corrected chi connectivity index (χ2v) is 7.88. The summed E-state index contributed by atoms with van der Waals surface area (Å²) in [5.74, 6) is -3.15. The Morgan fingerprint density at radius 3 is 2.44 bits per heavy atom. The summed E-state index contributed by atoms with van der Waals surface area (Å²) in [6.45, 7) is 4.74. The fourth-order valence-electron chi connectivity index (χ4n) is 2.48. The van der Waals surface area contributed by atoms with Gasteiger partial charge in [0, 0.05) is 29.2 Å². The van der Waals surface area contributed by atoms with E-state index < -0.39 is 18.2 Å². The Morgan fingerprint density at radius 1 is 1.11 bits per heavy atom. The number of halogens is 3. The normalized spacial score (nSPS) is 11.6. The Balaban J connectivity index is 1.95. The fourth-order valence-corrected chi connectivity index (χ4v) is 3.55. The second kappa shape index (κ2) is 9.83. The van der Waals surface area contributed by atoms with E-state index in [2.05, 4.69) is 19.2 Å². The molecule has 146 valence electrons. The van der Waals surface area contributed by atoms with Crippen LogP contribution in [0.5, 0.6) is 0 Å². The smallest absolute Gasteiger partial charge is 0.274 e. The molecule has 0 bridgehead atoms. The van der Waals surface area contributed by atoms with Crippen molar-refractivity contribution in [2.75, 3.05) is 12.3 Å². The first kappa shape index (κ1) is 21.4. The summed E-state index contributed by atoms with van der Waals surface area (Å²) in [6.07, 6.45) is 0.484. The highest BCUT2D eigenvalue weighted by Gasteiger charge is 2.31. The number of alkyl halides is 2. The van der Waals surface area contributed by atoms with Crippen molar-refractivity contribution in [1.29, 1.82) is 0 Å². The van der Waals surface area contributed by atoms with Crippen molar-refractivity contribution in [1.82, 2.24) is 5.32 Å². The molecule has 0 fully saturated rings. The van der Waals surface area contributed by atoms with Gasteiger partial charge in [-0.25, -0.2) is 13.2 Å². The second-order valence-electron chi connectivity index (χ2n) is 6.74. The average molecular weight is 395 g/mol. The van der Waals surface area contributed by atoms with Crippen LogP contribution in [0.1, 0.15) is 42.6 Å². The van der Waals surface area contributed by atoms with Gasteiger partial charge in [-0.05, 0) is 36.6 Å². The summed E-state index contributed by atoms with van der Waals surface area (Å²) < 4.78 is 41.5. The highest BCUT2D eigenvalue weighted by molar-refractivity contribution is 7.99. The van der Waals surface area contributed by atoms with Gasteiger partial charge in [-0.3, -0.25) is 4.79 Å². The van der Waals surface area contributed by atoms with Crippen LogP contribution in [0, 0.1) is 11.7 Å². The molecule has 0 saturated carbocycles. The lowest BCUT2D eigenvalue weighted by Gasteiger charge is -2.17. The van der Waals surface area contributed by atoms with E-state index >= 15 is 0 Å². The molecule has 0 aliphatic heterocycles. The summed E-state index contributed by atoms with van der Waals surface area (Å²) >= 11 is 1.22. The molecular formula is C21H24F3NOS. The van der Waals surface area contributed by atoms with Gasteiger partial charge < -0.3 is 5.32 Å². The minimum atomic E-state index is -3.05. The number of rotatable bonds is 9. The van der Waals surface area contributed by atoms with Crippen LogP contribution in [-0.4, -0.2) is 18.2 Å². The minimum absolute atomic E-state index is 0.140. The van der Waals surface area contributed by atoms with Gasteiger partial charge in [0.15, 0.2) is 0 Å². The molecule has 0 atom stereocenters. The molecule has 1 N–H and O–H groups in total. The van der Waals surface area contributed by atoms with E-state index in [-0.39, 0.29) is 17.2 Å². The topological polar surface area (TPSA) is 29.1 Å². The largest absolute Gasteiger partial charge is 0.352 e. The first-order valence-corrected chi connectivity index (χ1v) is 9.92. The zero-order valence-electron chi connectivity index (χ0n) is 15.5.